The van der Waals surface area contributed by atoms with E-state index in [1.807, 2.05) is 0 Å². The normalized spacial score (nSPS) is 23.6. The smallest absolute Gasteiger partial charge is 0.433 e. The van der Waals surface area contributed by atoms with Crippen LogP contribution in [0.25, 0.3) is 0 Å². The number of rotatable bonds is 4. The van der Waals surface area contributed by atoms with Gasteiger partial charge < -0.3 is 19.7 Å². The lowest BCUT2D eigenvalue weighted by Gasteiger charge is -2.36. The van der Waals surface area contributed by atoms with Gasteiger partial charge in [-0.15, -0.1) is 0 Å². The number of hydrogen-bond donors (Lipinski definition) is 1. The molecule has 0 radical (unpaired) electrons. The van der Waals surface area contributed by atoms with E-state index in [1.54, 1.807) is 11.8 Å². The summed E-state index contributed by atoms with van der Waals surface area (Å²) >= 11 is 0. The predicted molar refractivity (Wildman–Crippen MR) is 94.9 cm³/mol. The second-order valence-electron chi connectivity index (χ2n) is 7.30. The molecule has 2 atom stereocenters. The van der Waals surface area contributed by atoms with Crippen LogP contribution in [0.5, 0.6) is 11.8 Å². The van der Waals surface area contributed by atoms with E-state index < -0.39 is 29.7 Å². The van der Waals surface area contributed by atoms with Crippen LogP contribution in [-0.2, 0) is 12.7 Å². The van der Waals surface area contributed by atoms with Crippen LogP contribution in [0.2, 0.25) is 0 Å². The minimum Gasteiger partial charge on any atom is -0.461 e. The van der Waals surface area contributed by atoms with Crippen LogP contribution in [0.15, 0.2) is 24.5 Å². The van der Waals surface area contributed by atoms with Crippen LogP contribution in [-0.4, -0.2) is 45.9 Å². The van der Waals surface area contributed by atoms with Gasteiger partial charge in [0, 0.05) is 6.42 Å². The third-order valence-electron chi connectivity index (χ3n) is 4.97. The molecule has 1 saturated heterocycles. The van der Waals surface area contributed by atoms with E-state index in [2.05, 4.69) is 20.3 Å². The van der Waals surface area contributed by atoms with Crippen molar-refractivity contribution in [1.29, 1.82) is 0 Å². The Morgan fingerprint density at radius 1 is 1.33 bits per heavy atom. The molecule has 1 fully saturated rings. The number of halogens is 4. The fraction of sp³-hybridized carbons (Fsp3) is 0.444. The quantitative estimate of drug-likeness (QED) is 0.751. The number of carbonyl (C=O) groups is 1. The number of ether oxygens (including phenoxy) is 2. The topological polar surface area (TPSA) is 89.5 Å². The highest BCUT2D eigenvalue weighted by molar-refractivity contribution is 5.72. The minimum absolute atomic E-state index is 0.00216. The zero-order valence-corrected chi connectivity index (χ0v) is 15.7. The molecule has 0 aromatic carbocycles. The Morgan fingerprint density at radius 2 is 2.13 bits per heavy atom. The van der Waals surface area contributed by atoms with E-state index in [0.29, 0.717) is 11.4 Å². The maximum absolute atomic E-state index is 14.2. The van der Waals surface area contributed by atoms with Crippen LogP contribution < -0.4 is 19.7 Å². The summed E-state index contributed by atoms with van der Waals surface area (Å²) in [6.45, 7) is 1.88. The molecule has 0 aliphatic carbocycles. The molecule has 4 rings (SSSR count). The minimum atomic E-state index is -4.55. The van der Waals surface area contributed by atoms with Crippen molar-refractivity contribution >= 4 is 11.8 Å². The number of amides is 1. The molecule has 2 aromatic heterocycles. The zero-order chi connectivity index (χ0) is 21.5. The number of carbonyl (C=O) groups excluding carboxylic acids is 1. The first-order valence-electron chi connectivity index (χ1n) is 9.03. The molecular formula is C18H17F4N5O3. The molecule has 0 spiro atoms. The van der Waals surface area contributed by atoms with Gasteiger partial charge in [0.25, 0.3) is 0 Å². The second-order valence-corrected chi connectivity index (χ2v) is 7.30. The molecule has 1 N–H and O–H groups in total. The molecule has 0 bridgehead atoms. The van der Waals surface area contributed by atoms with Crippen LogP contribution in [0, 0.1) is 0 Å². The van der Waals surface area contributed by atoms with Gasteiger partial charge in [0.05, 0.1) is 36.7 Å². The average molecular weight is 427 g/mol. The summed E-state index contributed by atoms with van der Waals surface area (Å²) in [7, 11) is 0. The van der Waals surface area contributed by atoms with Crippen molar-refractivity contribution in [3.8, 4) is 11.8 Å². The molecular weight excluding hydrogens is 410 g/mol. The molecule has 0 unspecified atom stereocenters. The molecule has 30 heavy (non-hydrogen) atoms. The first-order valence-corrected chi connectivity index (χ1v) is 9.03. The number of hydrogen-bond acceptors (Lipinski definition) is 7. The standard InChI is InChI=1S/C18H17F4N5O3/c1-17(9-29-15-24-7-13-12(26-15)6-25-16(28)30-13)4-10(19)8-27(17)11-2-3-14(23-5-11)18(20,21)22/h2-3,5,7,10H,4,6,8-9H2,1H3,(H,25,28)/t10-,17+/m1/s1. The van der Waals surface area contributed by atoms with Gasteiger partial charge in [-0.05, 0) is 19.1 Å². The van der Waals surface area contributed by atoms with E-state index in [4.69, 9.17) is 9.47 Å². The van der Waals surface area contributed by atoms with Crippen LogP contribution in [0.1, 0.15) is 24.7 Å². The first kappa shape index (κ1) is 20.1. The summed E-state index contributed by atoms with van der Waals surface area (Å²) in [5.41, 5.74) is -1.08. The highest BCUT2D eigenvalue weighted by Gasteiger charge is 2.44. The van der Waals surface area contributed by atoms with Crippen molar-refractivity contribution < 1.29 is 31.8 Å². The Kier molecular flexibility index (Phi) is 4.86. The maximum Gasteiger partial charge on any atom is 0.433 e. The van der Waals surface area contributed by atoms with Gasteiger partial charge in [-0.25, -0.2) is 14.2 Å². The Balaban J connectivity index is 1.50. The van der Waals surface area contributed by atoms with Crippen molar-refractivity contribution in [3.05, 3.63) is 35.9 Å². The number of nitrogens with one attached hydrogen (secondary N) is 1. The van der Waals surface area contributed by atoms with E-state index >= 15 is 0 Å². The van der Waals surface area contributed by atoms with Crippen molar-refractivity contribution in [1.82, 2.24) is 20.3 Å². The van der Waals surface area contributed by atoms with Gasteiger partial charge in [-0.1, -0.05) is 0 Å². The van der Waals surface area contributed by atoms with Crippen molar-refractivity contribution in [3.63, 3.8) is 0 Å². The van der Waals surface area contributed by atoms with E-state index in [-0.39, 0.29) is 37.9 Å². The Morgan fingerprint density at radius 3 is 2.83 bits per heavy atom. The van der Waals surface area contributed by atoms with Crippen molar-refractivity contribution in [2.24, 2.45) is 0 Å². The fourth-order valence-corrected chi connectivity index (χ4v) is 3.52. The molecule has 0 saturated carbocycles. The van der Waals surface area contributed by atoms with Gasteiger partial charge in [-0.3, -0.25) is 0 Å². The van der Waals surface area contributed by atoms with Gasteiger partial charge in [0.1, 0.15) is 24.2 Å². The molecule has 12 heteroatoms. The number of nitrogens with zero attached hydrogens (tertiary/aromatic N) is 4. The van der Waals surface area contributed by atoms with E-state index in [0.717, 1.165) is 12.3 Å². The van der Waals surface area contributed by atoms with Gasteiger partial charge in [0.2, 0.25) is 0 Å². The lowest BCUT2D eigenvalue weighted by Crippen LogP contribution is -2.46. The number of pyridine rings is 1. The highest BCUT2D eigenvalue weighted by Crippen LogP contribution is 2.37. The van der Waals surface area contributed by atoms with Crippen LogP contribution in [0.4, 0.5) is 28.0 Å². The molecule has 160 valence electrons. The van der Waals surface area contributed by atoms with Crippen LogP contribution >= 0.6 is 0 Å². The number of fused-ring (bicyclic) bond motifs is 1. The summed E-state index contributed by atoms with van der Waals surface area (Å²) in [6, 6.07) is 2.15. The summed E-state index contributed by atoms with van der Waals surface area (Å²) < 4.78 is 63.1. The molecule has 2 aliphatic heterocycles. The average Bonchev–Trinajstić information content (AvgIpc) is 3.00. The Bertz CT molecular complexity index is 956. The molecule has 4 heterocycles. The summed E-state index contributed by atoms with van der Waals surface area (Å²) in [6.07, 6.45) is -3.84. The van der Waals surface area contributed by atoms with Crippen LogP contribution in [0.3, 0.4) is 0 Å². The number of alkyl halides is 4. The summed E-state index contributed by atoms with van der Waals surface area (Å²) in [5.74, 6) is 0.222. The monoisotopic (exact) mass is 427 g/mol. The number of aromatic nitrogens is 3. The lowest BCUT2D eigenvalue weighted by molar-refractivity contribution is -0.141. The second kappa shape index (κ2) is 7.26. The van der Waals surface area contributed by atoms with Crippen molar-refractivity contribution in [2.75, 3.05) is 18.1 Å². The predicted octanol–water partition coefficient (Wildman–Crippen LogP) is 2.88. The zero-order valence-electron chi connectivity index (χ0n) is 15.7. The third kappa shape index (κ3) is 3.94. The summed E-state index contributed by atoms with van der Waals surface area (Å²) in [4.78, 5) is 24.4. The van der Waals surface area contributed by atoms with Gasteiger partial charge >= 0.3 is 18.3 Å². The van der Waals surface area contributed by atoms with Gasteiger partial charge in [-0.2, -0.15) is 23.1 Å². The van der Waals surface area contributed by atoms with E-state index in [1.165, 1.54) is 12.3 Å². The summed E-state index contributed by atoms with van der Waals surface area (Å²) in [5, 5.41) is 2.47. The lowest BCUT2D eigenvalue weighted by atomic mass is 9.99. The Labute approximate surface area is 168 Å². The third-order valence-corrected chi connectivity index (χ3v) is 4.97. The Hall–Kier alpha value is -3.18. The molecule has 2 aromatic rings. The SMILES string of the molecule is C[C@@]1(COc2ncc3c(n2)CNC(=O)O3)C[C@@H](F)CN1c1ccc(C(F)(F)F)nc1. The van der Waals surface area contributed by atoms with Crippen molar-refractivity contribution in [2.45, 2.75) is 37.8 Å². The maximum atomic E-state index is 14.2. The highest BCUT2D eigenvalue weighted by atomic mass is 19.4. The molecule has 2 aliphatic rings. The van der Waals surface area contributed by atoms with Gasteiger partial charge in [0.15, 0.2) is 5.75 Å². The van der Waals surface area contributed by atoms with E-state index in [9.17, 15) is 22.4 Å². The number of anilines is 1. The first-order chi connectivity index (χ1) is 14.1. The fourth-order valence-electron chi connectivity index (χ4n) is 3.52. The molecule has 8 nitrogen and oxygen atoms in total. The molecule has 1 amide bonds. The largest absolute Gasteiger partial charge is 0.461 e.